The zero-order chi connectivity index (χ0) is 14.2. The minimum Gasteiger partial charge on any atom is -0.370 e. The van der Waals surface area contributed by atoms with Gasteiger partial charge in [-0.3, -0.25) is 4.79 Å². The molecular weight excluding hydrogens is 286 g/mol. The molecule has 1 amide bonds. The van der Waals surface area contributed by atoms with E-state index in [4.69, 9.17) is 11.5 Å². The highest BCUT2D eigenvalue weighted by atomic mass is 32.2. The second-order valence-corrected chi connectivity index (χ2v) is 7.57. The Bertz CT molecular complexity index is 664. The lowest BCUT2D eigenvalue weighted by molar-refractivity contribution is 0.100. The molecule has 1 aliphatic heterocycles. The molecule has 0 fully saturated rings. The second-order valence-electron chi connectivity index (χ2n) is 4.17. The van der Waals surface area contributed by atoms with Crippen molar-refractivity contribution in [2.75, 3.05) is 5.75 Å². The molecule has 1 atom stereocenters. The number of nitrogens with two attached hydrogens (primary N) is 2. The molecule has 6 nitrogen and oxygen atoms in total. The number of hydrogen-bond donors (Lipinski definition) is 2. The third-order valence-corrected chi connectivity index (χ3v) is 6.58. The Hall–Kier alpha value is -1.54. The van der Waals surface area contributed by atoms with Crippen LogP contribution in [0.1, 0.15) is 17.3 Å². The van der Waals surface area contributed by atoms with Crippen LogP contribution >= 0.6 is 11.8 Å². The molecule has 102 valence electrons. The van der Waals surface area contributed by atoms with Crippen molar-refractivity contribution in [1.82, 2.24) is 0 Å². The molecule has 0 radical (unpaired) electrons. The van der Waals surface area contributed by atoms with Gasteiger partial charge < -0.3 is 11.5 Å². The zero-order valence-electron chi connectivity index (χ0n) is 10.2. The Kier molecular flexibility index (Phi) is 3.55. The number of nitrogens with zero attached hydrogens (tertiary/aromatic N) is 1. The summed E-state index contributed by atoms with van der Waals surface area (Å²) >= 11 is 1.46. The van der Waals surface area contributed by atoms with E-state index in [1.807, 2.05) is 0 Å². The van der Waals surface area contributed by atoms with Crippen molar-refractivity contribution in [3.8, 4) is 0 Å². The molecule has 0 saturated carbocycles. The van der Waals surface area contributed by atoms with E-state index in [2.05, 4.69) is 4.99 Å². The van der Waals surface area contributed by atoms with Crippen LogP contribution in [0.25, 0.3) is 0 Å². The first-order valence-electron chi connectivity index (χ1n) is 5.47. The maximum Gasteiger partial charge on any atom is 0.280 e. The summed E-state index contributed by atoms with van der Waals surface area (Å²) in [4.78, 5) is 15.9. The maximum absolute atomic E-state index is 12.2. The van der Waals surface area contributed by atoms with Crippen molar-refractivity contribution in [2.45, 2.75) is 22.0 Å². The Balaban J connectivity index is 2.52. The number of amides is 1. The summed E-state index contributed by atoms with van der Waals surface area (Å²) in [5.74, 6) is -0.495. The molecule has 0 spiro atoms. The van der Waals surface area contributed by atoms with E-state index in [1.54, 1.807) is 13.0 Å². The number of guanidine groups is 1. The second kappa shape index (κ2) is 4.86. The molecule has 0 bridgehead atoms. The van der Waals surface area contributed by atoms with Crippen molar-refractivity contribution in [3.05, 3.63) is 23.8 Å². The van der Waals surface area contributed by atoms with Crippen molar-refractivity contribution in [1.29, 1.82) is 0 Å². The lowest BCUT2D eigenvalue weighted by Crippen LogP contribution is -2.26. The molecular formula is C11H13N3O3S2. The number of sulfone groups is 1. The minimum absolute atomic E-state index is 0.158. The summed E-state index contributed by atoms with van der Waals surface area (Å²) in [6.45, 7) is 1.65. The summed E-state index contributed by atoms with van der Waals surface area (Å²) in [6.07, 6.45) is 0. The first kappa shape index (κ1) is 13.9. The Morgan fingerprint density at radius 3 is 2.74 bits per heavy atom. The number of carbonyl (C=O) groups excluding carboxylic acids is 1. The molecule has 8 heteroatoms. The number of benzene rings is 1. The highest BCUT2D eigenvalue weighted by Crippen LogP contribution is 2.36. The highest BCUT2D eigenvalue weighted by molar-refractivity contribution is 8.03. The van der Waals surface area contributed by atoms with Gasteiger partial charge in [-0.1, -0.05) is 0 Å². The van der Waals surface area contributed by atoms with Gasteiger partial charge in [-0.2, -0.15) is 4.99 Å². The first-order valence-corrected chi connectivity index (χ1v) is 8.00. The van der Waals surface area contributed by atoms with Crippen LogP contribution < -0.4 is 11.5 Å². The van der Waals surface area contributed by atoms with E-state index in [0.717, 1.165) is 0 Å². The quantitative estimate of drug-likeness (QED) is 0.571. The molecule has 1 aromatic rings. The van der Waals surface area contributed by atoms with Crippen LogP contribution in [0, 0.1) is 0 Å². The SMILES string of the molecule is CC1CSc2ccc(C(=O)N=C(N)N)cc2S1(=O)=O. The topological polar surface area (TPSA) is 116 Å². The maximum atomic E-state index is 12.2. The van der Waals surface area contributed by atoms with Gasteiger partial charge in [0.1, 0.15) is 0 Å². The third-order valence-electron chi connectivity index (χ3n) is 2.73. The minimum atomic E-state index is -3.39. The van der Waals surface area contributed by atoms with E-state index in [9.17, 15) is 13.2 Å². The molecule has 19 heavy (non-hydrogen) atoms. The Morgan fingerprint density at radius 2 is 2.11 bits per heavy atom. The number of hydrogen-bond acceptors (Lipinski definition) is 4. The normalized spacial score (nSPS) is 20.4. The van der Waals surface area contributed by atoms with Crippen LogP contribution in [0.4, 0.5) is 0 Å². The van der Waals surface area contributed by atoms with Crippen molar-refractivity contribution in [2.24, 2.45) is 16.5 Å². The van der Waals surface area contributed by atoms with E-state index in [-0.39, 0.29) is 16.4 Å². The molecule has 1 unspecified atom stereocenters. The lowest BCUT2D eigenvalue weighted by Gasteiger charge is -2.21. The molecule has 1 aromatic carbocycles. The first-order chi connectivity index (χ1) is 8.82. The molecule has 0 aromatic heterocycles. The van der Waals surface area contributed by atoms with Gasteiger partial charge in [0.05, 0.1) is 10.1 Å². The Labute approximate surface area is 115 Å². The van der Waals surface area contributed by atoms with E-state index < -0.39 is 21.0 Å². The molecule has 1 heterocycles. The van der Waals surface area contributed by atoms with E-state index in [0.29, 0.717) is 10.6 Å². The van der Waals surface area contributed by atoms with Gasteiger partial charge in [0.2, 0.25) is 0 Å². The van der Waals surface area contributed by atoms with Crippen LogP contribution in [-0.4, -0.2) is 31.3 Å². The largest absolute Gasteiger partial charge is 0.370 e. The van der Waals surface area contributed by atoms with E-state index >= 15 is 0 Å². The molecule has 0 aliphatic carbocycles. The van der Waals surface area contributed by atoms with Gasteiger partial charge in [0, 0.05) is 16.2 Å². The van der Waals surface area contributed by atoms with Gasteiger partial charge in [-0.25, -0.2) is 8.42 Å². The predicted octanol–water partition coefficient (Wildman–Crippen LogP) is 0.368. The van der Waals surface area contributed by atoms with E-state index in [1.165, 1.54) is 23.9 Å². The van der Waals surface area contributed by atoms with Crippen molar-refractivity contribution >= 4 is 33.5 Å². The van der Waals surface area contributed by atoms with Gasteiger partial charge >= 0.3 is 0 Å². The van der Waals surface area contributed by atoms with Crippen LogP contribution in [0.5, 0.6) is 0 Å². The fourth-order valence-corrected chi connectivity index (χ4v) is 4.98. The Morgan fingerprint density at radius 1 is 1.42 bits per heavy atom. The van der Waals surface area contributed by atoms with Gasteiger partial charge in [-0.15, -0.1) is 11.8 Å². The van der Waals surface area contributed by atoms with Gasteiger partial charge in [-0.05, 0) is 25.1 Å². The molecule has 0 saturated heterocycles. The molecule has 2 rings (SSSR count). The predicted molar refractivity (Wildman–Crippen MR) is 74.0 cm³/mol. The van der Waals surface area contributed by atoms with Crippen molar-refractivity contribution in [3.63, 3.8) is 0 Å². The summed E-state index contributed by atoms with van der Waals surface area (Å²) in [6, 6.07) is 4.47. The summed E-state index contributed by atoms with van der Waals surface area (Å²) in [7, 11) is -3.39. The van der Waals surface area contributed by atoms with Crippen LogP contribution in [-0.2, 0) is 9.84 Å². The fraction of sp³-hybridized carbons (Fsp3) is 0.273. The smallest absolute Gasteiger partial charge is 0.280 e. The summed E-state index contributed by atoms with van der Waals surface area (Å²) < 4.78 is 24.4. The highest BCUT2D eigenvalue weighted by Gasteiger charge is 2.31. The molecule has 1 aliphatic rings. The van der Waals surface area contributed by atoms with Gasteiger partial charge in [0.25, 0.3) is 5.91 Å². The van der Waals surface area contributed by atoms with Gasteiger partial charge in [0.15, 0.2) is 15.8 Å². The van der Waals surface area contributed by atoms with Crippen molar-refractivity contribution < 1.29 is 13.2 Å². The van der Waals surface area contributed by atoms with Crippen LogP contribution in [0.15, 0.2) is 33.0 Å². The number of rotatable bonds is 1. The van der Waals surface area contributed by atoms with Crippen LogP contribution in [0.3, 0.4) is 0 Å². The summed E-state index contributed by atoms with van der Waals surface area (Å²) in [5.41, 5.74) is 10.4. The number of thioether (sulfide) groups is 1. The number of fused-ring (bicyclic) bond motifs is 1. The zero-order valence-corrected chi connectivity index (χ0v) is 11.8. The lowest BCUT2D eigenvalue weighted by atomic mass is 10.2. The third kappa shape index (κ3) is 2.59. The number of carbonyl (C=O) groups is 1. The average Bonchev–Trinajstić information content (AvgIpc) is 2.33. The van der Waals surface area contributed by atoms with Crippen LogP contribution in [0.2, 0.25) is 0 Å². The monoisotopic (exact) mass is 299 g/mol. The molecule has 4 N–H and O–H groups in total. The summed E-state index contributed by atoms with van der Waals surface area (Å²) in [5, 5.41) is -0.474. The fourth-order valence-electron chi connectivity index (χ4n) is 1.68. The standard InChI is InChI=1S/C11H13N3O3S2/c1-6-5-18-8-3-2-7(10(15)14-11(12)13)4-9(8)19(6,16)17/h2-4,6H,5H2,1H3,(H4,12,13,14,15). The average molecular weight is 299 g/mol. The number of aliphatic imine (C=N–C) groups is 1.